The number of nitrogens with one attached hydrogen (secondary N) is 2. The van der Waals surface area contributed by atoms with Crippen LogP contribution in [0, 0.1) is 30.6 Å². The molecule has 7 nitrogen and oxygen atoms in total. The third-order valence-electron chi connectivity index (χ3n) is 6.25. The summed E-state index contributed by atoms with van der Waals surface area (Å²) in [6.45, 7) is 4.23. The number of pyridine rings is 1. The lowest BCUT2D eigenvalue weighted by atomic mass is 9.82. The zero-order valence-electron chi connectivity index (χ0n) is 17.4. The van der Waals surface area contributed by atoms with Crippen LogP contribution in [-0.4, -0.2) is 27.9 Å². The van der Waals surface area contributed by atoms with E-state index in [1.807, 2.05) is 38.1 Å². The van der Waals surface area contributed by atoms with Crippen molar-refractivity contribution >= 4 is 34.1 Å². The number of hydrogen-bond acceptors (Lipinski definition) is 5. The molecule has 1 fully saturated rings. The number of allylic oxidation sites excluding steroid dienone is 2. The number of aromatic nitrogens is 1. The summed E-state index contributed by atoms with van der Waals surface area (Å²) >= 11 is 1.36. The van der Waals surface area contributed by atoms with E-state index in [9.17, 15) is 19.5 Å². The zero-order valence-corrected chi connectivity index (χ0v) is 18.2. The van der Waals surface area contributed by atoms with E-state index in [0.717, 1.165) is 16.0 Å². The van der Waals surface area contributed by atoms with E-state index >= 15 is 0 Å². The van der Waals surface area contributed by atoms with E-state index < -0.39 is 17.8 Å². The summed E-state index contributed by atoms with van der Waals surface area (Å²) < 4.78 is 0. The number of anilines is 1. The molecular formula is C23H25N3O4S. The van der Waals surface area contributed by atoms with Gasteiger partial charge >= 0.3 is 5.97 Å². The standard InChI is InChI=1S/C23H25N3O4S/c1-3-16-12(2)31-22(19(16)20(27)25-11-13-5-4-8-24-10-13)26-21(28)17-14-6-7-15(9-14)18(17)23(29)30/h4-8,10,14-15,17-18H,3,9,11H2,1-2H3,(H,25,27)(H,26,28)(H,29,30)/t14-,15-,17+,18-/m0/s1. The summed E-state index contributed by atoms with van der Waals surface area (Å²) in [7, 11) is 0. The highest BCUT2D eigenvalue weighted by Crippen LogP contribution is 2.48. The largest absolute Gasteiger partial charge is 0.481 e. The van der Waals surface area contributed by atoms with Crippen molar-refractivity contribution in [3.63, 3.8) is 0 Å². The Labute approximate surface area is 184 Å². The molecule has 2 amide bonds. The summed E-state index contributed by atoms with van der Waals surface area (Å²) in [5.74, 6) is -3.03. The second-order valence-corrected chi connectivity index (χ2v) is 9.29. The smallest absolute Gasteiger partial charge is 0.307 e. The molecular weight excluding hydrogens is 414 g/mol. The normalized spacial score (nSPS) is 23.7. The number of carboxylic acids is 1. The monoisotopic (exact) mass is 439 g/mol. The molecule has 4 atom stereocenters. The van der Waals surface area contributed by atoms with Crippen LogP contribution in [0.2, 0.25) is 0 Å². The second kappa shape index (κ2) is 8.63. The molecule has 2 bridgehead atoms. The number of fused-ring (bicyclic) bond motifs is 2. The molecule has 4 rings (SSSR count). The van der Waals surface area contributed by atoms with Crippen LogP contribution in [0.1, 0.15) is 39.7 Å². The van der Waals surface area contributed by atoms with E-state index in [4.69, 9.17) is 0 Å². The average Bonchev–Trinajstić information content (AvgIpc) is 3.45. The number of nitrogens with zero attached hydrogens (tertiary/aromatic N) is 1. The van der Waals surface area contributed by atoms with Gasteiger partial charge in [-0.25, -0.2) is 0 Å². The fourth-order valence-corrected chi connectivity index (χ4v) is 5.96. The number of aryl methyl sites for hydroxylation is 1. The molecule has 0 radical (unpaired) electrons. The maximum absolute atomic E-state index is 13.1. The fourth-order valence-electron chi connectivity index (χ4n) is 4.82. The van der Waals surface area contributed by atoms with Crippen molar-refractivity contribution in [2.75, 3.05) is 5.32 Å². The number of rotatable bonds is 7. The van der Waals surface area contributed by atoms with Gasteiger partial charge in [-0.05, 0) is 48.8 Å². The Morgan fingerprint density at radius 3 is 2.61 bits per heavy atom. The Balaban J connectivity index is 1.56. The van der Waals surface area contributed by atoms with Crippen LogP contribution >= 0.6 is 11.3 Å². The van der Waals surface area contributed by atoms with E-state index in [0.29, 0.717) is 30.0 Å². The predicted molar refractivity (Wildman–Crippen MR) is 118 cm³/mol. The molecule has 2 aromatic rings. The molecule has 0 spiro atoms. The number of carboxylic acid groups (broad SMARTS) is 1. The minimum atomic E-state index is -0.942. The van der Waals surface area contributed by atoms with Gasteiger partial charge in [0.25, 0.3) is 5.91 Å². The van der Waals surface area contributed by atoms with Crippen LogP contribution in [0.15, 0.2) is 36.7 Å². The topological polar surface area (TPSA) is 108 Å². The van der Waals surface area contributed by atoms with Crippen LogP contribution < -0.4 is 10.6 Å². The van der Waals surface area contributed by atoms with Crippen molar-refractivity contribution in [3.05, 3.63) is 58.2 Å². The van der Waals surface area contributed by atoms with Crippen LogP contribution in [0.4, 0.5) is 5.00 Å². The lowest BCUT2D eigenvalue weighted by Crippen LogP contribution is -2.36. The van der Waals surface area contributed by atoms with Gasteiger partial charge in [0, 0.05) is 23.8 Å². The van der Waals surface area contributed by atoms with Gasteiger partial charge in [-0.1, -0.05) is 25.1 Å². The van der Waals surface area contributed by atoms with Crippen LogP contribution in [-0.2, 0) is 22.6 Å². The summed E-state index contributed by atoms with van der Waals surface area (Å²) in [6, 6.07) is 3.69. The van der Waals surface area contributed by atoms with E-state index in [2.05, 4.69) is 15.6 Å². The summed E-state index contributed by atoms with van der Waals surface area (Å²) in [4.78, 5) is 43.0. The van der Waals surface area contributed by atoms with E-state index in [1.54, 1.807) is 12.4 Å². The van der Waals surface area contributed by atoms with E-state index in [1.165, 1.54) is 11.3 Å². The summed E-state index contributed by atoms with van der Waals surface area (Å²) in [6.07, 6.45) is 8.57. The number of thiophene rings is 1. The Morgan fingerprint density at radius 2 is 1.97 bits per heavy atom. The van der Waals surface area contributed by atoms with Crippen molar-refractivity contribution in [3.8, 4) is 0 Å². The van der Waals surface area contributed by atoms with Gasteiger partial charge in [-0.15, -0.1) is 11.3 Å². The van der Waals surface area contributed by atoms with Gasteiger partial charge in [0.2, 0.25) is 5.91 Å². The third kappa shape index (κ3) is 3.99. The highest BCUT2D eigenvalue weighted by atomic mass is 32.1. The number of carbonyl (C=O) groups is 3. The molecule has 3 N–H and O–H groups in total. The predicted octanol–water partition coefficient (Wildman–Crippen LogP) is 3.41. The maximum Gasteiger partial charge on any atom is 0.307 e. The SMILES string of the molecule is CCc1c(C)sc(NC(=O)[C@H]2[C@@H](C(=O)O)[C@H]3C=C[C@H]2C3)c1C(=O)NCc1cccnc1. The molecule has 2 heterocycles. The molecule has 0 saturated heterocycles. The highest BCUT2D eigenvalue weighted by molar-refractivity contribution is 7.16. The van der Waals surface area contributed by atoms with E-state index in [-0.39, 0.29) is 23.7 Å². The number of amides is 2. The Bertz CT molecular complexity index is 1050. The fraction of sp³-hybridized carbons (Fsp3) is 0.391. The summed E-state index contributed by atoms with van der Waals surface area (Å²) in [5.41, 5.74) is 2.24. The quantitative estimate of drug-likeness (QED) is 0.573. The average molecular weight is 440 g/mol. The van der Waals surface area contributed by atoms with Crippen LogP contribution in [0.3, 0.4) is 0 Å². The second-order valence-electron chi connectivity index (χ2n) is 8.07. The molecule has 2 aliphatic rings. The van der Waals surface area contributed by atoms with Crippen molar-refractivity contribution < 1.29 is 19.5 Å². The Morgan fingerprint density at radius 1 is 1.23 bits per heavy atom. The van der Waals surface area contributed by atoms with Crippen LogP contribution in [0.5, 0.6) is 0 Å². The minimum absolute atomic E-state index is 0.0688. The zero-order chi connectivity index (χ0) is 22.1. The van der Waals surface area contributed by atoms with Crippen LogP contribution in [0.25, 0.3) is 0 Å². The molecule has 8 heteroatoms. The number of carbonyl (C=O) groups excluding carboxylic acids is 2. The van der Waals surface area contributed by atoms with Gasteiger partial charge in [-0.3, -0.25) is 19.4 Å². The maximum atomic E-state index is 13.1. The van der Waals surface area contributed by atoms with Crippen molar-refractivity contribution in [1.29, 1.82) is 0 Å². The first kappa shape index (κ1) is 21.2. The molecule has 31 heavy (non-hydrogen) atoms. The number of aliphatic carboxylic acids is 1. The summed E-state index contributed by atoms with van der Waals surface area (Å²) in [5, 5.41) is 16.0. The molecule has 2 aliphatic carbocycles. The molecule has 0 aromatic carbocycles. The van der Waals surface area contributed by atoms with Gasteiger partial charge in [-0.2, -0.15) is 0 Å². The van der Waals surface area contributed by atoms with Gasteiger partial charge in [0.15, 0.2) is 0 Å². The van der Waals surface area contributed by atoms with Crippen molar-refractivity contribution in [2.24, 2.45) is 23.7 Å². The molecule has 1 saturated carbocycles. The van der Waals surface area contributed by atoms with Gasteiger partial charge in [0.1, 0.15) is 5.00 Å². The molecule has 0 aliphatic heterocycles. The molecule has 0 unspecified atom stereocenters. The van der Waals surface area contributed by atoms with Crippen molar-refractivity contribution in [1.82, 2.24) is 10.3 Å². The first-order valence-electron chi connectivity index (χ1n) is 10.4. The van der Waals surface area contributed by atoms with Crippen molar-refractivity contribution in [2.45, 2.75) is 33.2 Å². The molecule has 162 valence electrons. The Hall–Kier alpha value is -3.00. The first-order valence-corrected chi connectivity index (χ1v) is 11.2. The van der Waals surface area contributed by atoms with Gasteiger partial charge in [0.05, 0.1) is 17.4 Å². The van der Waals surface area contributed by atoms with Gasteiger partial charge < -0.3 is 15.7 Å². The minimum Gasteiger partial charge on any atom is -0.481 e. The lowest BCUT2D eigenvalue weighted by Gasteiger charge is -2.23. The number of hydrogen-bond donors (Lipinski definition) is 3. The lowest BCUT2D eigenvalue weighted by molar-refractivity contribution is -0.146. The Kier molecular flexibility index (Phi) is 5.91. The third-order valence-corrected chi connectivity index (χ3v) is 7.31. The molecule has 2 aromatic heterocycles. The highest BCUT2D eigenvalue weighted by Gasteiger charge is 2.51. The first-order chi connectivity index (χ1) is 14.9.